The Morgan fingerprint density at radius 3 is 2.60 bits per heavy atom. The fourth-order valence-corrected chi connectivity index (χ4v) is 2.66. The predicted molar refractivity (Wildman–Crippen MR) is 83.8 cm³/mol. The Hall–Kier alpha value is -1.13. The Labute approximate surface area is 128 Å². The van der Waals surface area contributed by atoms with Crippen molar-refractivity contribution in [2.75, 3.05) is 26.3 Å². The molecule has 1 saturated heterocycles. The van der Waals surface area contributed by atoms with Crippen molar-refractivity contribution in [1.29, 1.82) is 0 Å². The van der Waals surface area contributed by atoms with Crippen LogP contribution >= 0.6 is 15.9 Å². The maximum absolute atomic E-state index is 12.3. The van der Waals surface area contributed by atoms with E-state index in [1.807, 2.05) is 29.2 Å². The van der Waals surface area contributed by atoms with Crippen molar-refractivity contribution < 1.29 is 9.53 Å². The summed E-state index contributed by atoms with van der Waals surface area (Å²) in [6.07, 6.45) is 3.80. The van der Waals surface area contributed by atoms with E-state index in [0.717, 1.165) is 42.6 Å². The van der Waals surface area contributed by atoms with Crippen LogP contribution in [0, 0.1) is 5.92 Å². The van der Waals surface area contributed by atoms with Crippen LogP contribution in [0.4, 0.5) is 0 Å². The molecule has 1 aliphatic rings. The number of benzene rings is 1. The second kappa shape index (κ2) is 7.60. The van der Waals surface area contributed by atoms with E-state index < -0.39 is 0 Å². The Kier molecular flexibility index (Phi) is 5.80. The molecule has 0 bridgehead atoms. The summed E-state index contributed by atoms with van der Waals surface area (Å²) in [5.74, 6) is 0.687. The number of carbonyl (C=O) groups excluding carboxylic acids is 1. The molecule has 1 fully saturated rings. The second-order valence-corrected chi connectivity index (χ2v) is 5.98. The first-order valence-electron chi connectivity index (χ1n) is 6.94. The van der Waals surface area contributed by atoms with Gasteiger partial charge < -0.3 is 9.64 Å². The Bertz CT molecular complexity index is 450. The summed E-state index contributed by atoms with van der Waals surface area (Å²) in [7, 11) is 0. The molecule has 1 aliphatic heterocycles. The van der Waals surface area contributed by atoms with Crippen LogP contribution in [-0.4, -0.2) is 37.1 Å². The molecule has 0 saturated carbocycles. The molecule has 20 heavy (non-hydrogen) atoms. The average molecular weight is 338 g/mol. The molecular formula is C16H20BrNO2. The number of likely N-dealkylation sites (tertiary alicyclic amines) is 1. The lowest BCUT2D eigenvalue weighted by Crippen LogP contribution is -2.39. The number of ether oxygens (including phenoxy) is 1. The van der Waals surface area contributed by atoms with Gasteiger partial charge in [0.2, 0.25) is 0 Å². The Morgan fingerprint density at radius 2 is 2.00 bits per heavy atom. The molecule has 0 aromatic heterocycles. The van der Waals surface area contributed by atoms with Gasteiger partial charge in [0, 0.05) is 29.7 Å². The zero-order valence-corrected chi connectivity index (χ0v) is 13.1. The van der Waals surface area contributed by atoms with Crippen molar-refractivity contribution in [2.45, 2.75) is 12.8 Å². The molecule has 108 valence electrons. The highest BCUT2D eigenvalue weighted by atomic mass is 79.9. The molecule has 4 heteroatoms. The maximum Gasteiger partial charge on any atom is 0.253 e. The lowest BCUT2D eigenvalue weighted by atomic mass is 9.97. The highest BCUT2D eigenvalue weighted by Crippen LogP contribution is 2.20. The number of amides is 1. The first-order valence-corrected chi connectivity index (χ1v) is 7.73. The summed E-state index contributed by atoms with van der Waals surface area (Å²) in [5, 5.41) is 0. The van der Waals surface area contributed by atoms with Crippen molar-refractivity contribution in [3.05, 3.63) is 47.0 Å². The van der Waals surface area contributed by atoms with E-state index in [2.05, 4.69) is 22.5 Å². The number of halogens is 1. The lowest BCUT2D eigenvalue weighted by Gasteiger charge is -2.31. The van der Waals surface area contributed by atoms with E-state index >= 15 is 0 Å². The minimum atomic E-state index is 0.128. The Balaban J connectivity index is 1.82. The molecule has 0 N–H and O–H groups in total. The summed E-state index contributed by atoms with van der Waals surface area (Å²) >= 11 is 3.38. The van der Waals surface area contributed by atoms with Crippen LogP contribution in [0.3, 0.4) is 0 Å². The van der Waals surface area contributed by atoms with Gasteiger partial charge in [-0.3, -0.25) is 4.79 Å². The van der Waals surface area contributed by atoms with Crippen LogP contribution in [-0.2, 0) is 4.74 Å². The van der Waals surface area contributed by atoms with Gasteiger partial charge >= 0.3 is 0 Å². The topological polar surface area (TPSA) is 29.5 Å². The van der Waals surface area contributed by atoms with Gasteiger partial charge in [-0.2, -0.15) is 0 Å². The van der Waals surface area contributed by atoms with Gasteiger partial charge in [0.1, 0.15) is 0 Å². The molecule has 0 aliphatic carbocycles. The fourth-order valence-electron chi connectivity index (χ4n) is 2.40. The summed E-state index contributed by atoms with van der Waals surface area (Å²) in [6.45, 7) is 6.65. The fraction of sp³-hybridized carbons (Fsp3) is 0.438. The monoisotopic (exact) mass is 337 g/mol. The number of piperidine rings is 1. The van der Waals surface area contributed by atoms with Gasteiger partial charge in [0.05, 0.1) is 6.61 Å². The molecular weight excluding hydrogens is 318 g/mol. The lowest BCUT2D eigenvalue weighted by molar-refractivity contribution is 0.0575. The zero-order valence-electron chi connectivity index (χ0n) is 11.6. The minimum absolute atomic E-state index is 0.128. The first kappa shape index (κ1) is 15.3. The van der Waals surface area contributed by atoms with Gasteiger partial charge in [0.15, 0.2) is 0 Å². The average Bonchev–Trinajstić information content (AvgIpc) is 2.48. The number of hydrogen-bond donors (Lipinski definition) is 0. The number of rotatable bonds is 5. The smallest absolute Gasteiger partial charge is 0.253 e. The number of nitrogens with zero attached hydrogens (tertiary/aromatic N) is 1. The van der Waals surface area contributed by atoms with E-state index in [0.29, 0.717) is 12.5 Å². The van der Waals surface area contributed by atoms with Crippen molar-refractivity contribution in [2.24, 2.45) is 5.92 Å². The summed E-state index contributed by atoms with van der Waals surface area (Å²) in [6, 6.07) is 7.55. The molecule has 1 aromatic rings. The molecule has 0 unspecified atom stereocenters. The molecule has 2 rings (SSSR count). The van der Waals surface area contributed by atoms with Gasteiger partial charge in [-0.15, -0.1) is 6.58 Å². The maximum atomic E-state index is 12.3. The largest absolute Gasteiger partial charge is 0.377 e. The second-order valence-electron chi connectivity index (χ2n) is 5.07. The van der Waals surface area contributed by atoms with Crippen LogP contribution in [0.2, 0.25) is 0 Å². The zero-order chi connectivity index (χ0) is 14.4. The number of carbonyl (C=O) groups is 1. The van der Waals surface area contributed by atoms with E-state index in [9.17, 15) is 4.79 Å². The quantitative estimate of drug-likeness (QED) is 0.607. The molecule has 1 heterocycles. The number of hydrogen-bond acceptors (Lipinski definition) is 2. The van der Waals surface area contributed by atoms with E-state index in [1.165, 1.54) is 0 Å². The van der Waals surface area contributed by atoms with Crippen LogP contribution < -0.4 is 0 Å². The van der Waals surface area contributed by atoms with Gasteiger partial charge in [-0.1, -0.05) is 22.0 Å². The van der Waals surface area contributed by atoms with Crippen LogP contribution in [0.5, 0.6) is 0 Å². The molecule has 1 amide bonds. The summed E-state index contributed by atoms with van der Waals surface area (Å²) < 4.78 is 6.48. The molecule has 3 nitrogen and oxygen atoms in total. The highest BCUT2D eigenvalue weighted by Gasteiger charge is 2.23. The van der Waals surface area contributed by atoms with Crippen molar-refractivity contribution in [3.63, 3.8) is 0 Å². The van der Waals surface area contributed by atoms with Crippen molar-refractivity contribution in [3.8, 4) is 0 Å². The summed E-state index contributed by atoms with van der Waals surface area (Å²) in [4.78, 5) is 14.3. The minimum Gasteiger partial charge on any atom is -0.377 e. The normalized spacial score (nSPS) is 16.1. The molecule has 0 spiro atoms. The van der Waals surface area contributed by atoms with E-state index in [1.54, 1.807) is 6.08 Å². The molecule has 0 atom stereocenters. The molecule has 1 aromatic carbocycles. The Morgan fingerprint density at radius 1 is 1.35 bits per heavy atom. The van der Waals surface area contributed by atoms with Crippen LogP contribution in [0.15, 0.2) is 41.4 Å². The standard InChI is InChI=1S/C16H20BrNO2/c1-2-11-20-12-13-7-9-18(10-8-13)16(19)14-3-5-15(17)6-4-14/h2-6,13H,1,7-12H2. The predicted octanol–water partition coefficient (Wildman–Crippen LogP) is 3.50. The van der Waals surface area contributed by atoms with Crippen molar-refractivity contribution in [1.82, 2.24) is 4.90 Å². The van der Waals surface area contributed by atoms with Crippen LogP contribution in [0.1, 0.15) is 23.2 Å². The van der Waals surface area contributed by atoms with Crippen molar-refractivity contribution >= 4 is 21.8 Å². The van der Waals surface area contributed by atoms with E-state index in [-0.39, 0.29) is 5.91 Å². The van der Waals surface area contributed by atoms with E-state index in [4.69, 9.17) is 4.74 Å². The van der Waals surface area contributed by atoms with Gasteiger partial charge in [0.25, 0.3) is 5.91 Å². The van der Waals surface area contributed by atoms with Gasteiger partial charge in [-0.25, -0.2) is 0 Å². The third kappa shape index (κ3) is 4.18. The SMILES string of the molecule is C=CCOCC1CCN(C(=O)c2ccc(Br)cc2)CC1. The van der Waals surface area contributed by atoms with Crippen LogP contribution in [0.25, 0.3) is 0 Å². The molecule has 0 radical (unpaired) electrons. The first-order chi connectivity index (χ1) is 9.70. The third-order valence-corrected chi connectivity index (χ3v) is 4.11. The summed E-state index contributed by atoms with van der Waals surface area (Å²) in [5.41, 5.74) is 0.759. The highest BCUT2D eigenvalue weighted by molar-refractivity contribution is 9.10. The third-order valence-electron chi connectivity index (χ3n) is 3.58. The van der Waals surface area contributed by atoms with Gasteiger partial charge in [-0.05, 0) is 43.0 Å².